The SMILES string of the molecule is Cc1ccc(C)c(S(=O)(=O)N2CCN(C(=O)CCC(=O)N3CCn4c3nc3ccccc34)CC2)c1. The number of rotatable bonds is 5. The van der Waals surface area contributed by atoms with Crippen LogP contribution in [-0.4, -0.2) is 71.7 Å². The lowest BCUT2D eigenvalue weighted by Gasteiger charge is -2.34. The normalized spacial score (nSPS) is 16.6. The number of imidazole rings is 1. The second-order valence-electron chi connectivity index (χ2n) is 9.15. The molecule has 2 amide bonds. The van der Waals surface area contributed by atoms with Crippen molar-refractivity contribution in [2.24, 2.45) is 0 Å². The van der Waals surface area contributed by atoms with Crippen LogP contribution >= 0.6 is 0 Å². The minimum atomic E-state index is -3.62. The Morgan fingerprint density at radius 3 is 2.37 bits per heavy atom. The van der Waals surface area contributed by atoms with Crippen LogP contribution in [0.25, 0.3) is 11.0 Å². The summed E-state index contributed by atoms with van der Waals surface area (Å²) in [4.78, 5) is 33.9. The number of aromatic nitrogens is 2. The molecule has 1 aromatic heterocycles. The summed E-state index contributed by atoms with van der Waals surface area (Å²) < 4.78 is 29.7. The molecule has 0 aliphatic carbocycles. The standard InChI is InChI=1S/C25H29N5O4S/c1-18-7-8-19(2)22(17-18)35(33,34)28-13-11-27(12-14-28)23(31)9-10-24(32)30-16-15-29-21-6-4-3-5-20(21)26-25(29)30/h3-8,17H,9-16H2,1-2H3. The molecule has 1 saturated heterocycles. The Morgan fingerprint density at radius 1 is 0.886 bits per heavy atom. The minimum absolute atomic E-state index is 0.0965. The highest BCUT2D eigenvalue weighted by atomic mass is 32.2. The molecule has 2 aliphatic rings. The lowest BCUT2D eigenvalue weighted by Crippen LogP contribution is -2.50. The number of fused-ring (bicyclic) bond motifs is 3. The van der Waals surface area contributed by atoms with Gasteiger partial charge < -0.3 is 9.47 Å². The Balaban J connectivity index is 1.17. The van der Waals surface area contributed by atoms with Crippen LogP contribution in [0.2, 0.25) is 0 Å². The van der Waals surface area contributed by atoms with Gasteiger partial charge in [-0.15, -0.1) is 0 Å². The van der Waals surface area contributed by atoms with Crippen molar-refractivity contribution in [3.8, 4) is 0 Å². The van der Waals surface area contributed by atoms with Gasteiger partial charge in [0.2, 0.25) is 27.8 Å². The van der Waals surface area contributed by atoms with Crippen molar-refractivity contribution in [2.75, 3.05) is 37.6 Å². The summed E-state index contributed by atoms with van der Waals surface area (Å²) >= 11 is 0. The molecule has 3 aromatic rings. The third-order valence-electron chi connectivity index (χ3n) is 6.83. The molecular weight excluding hydrogens is 466 g/mol. The molecule has 35 heavy (non-hydrogen) atoms. The van der Waals surface area contributed by atoms with Crippen LogP contribution in [0.1, 0.15) is 24.0 Å². The Kier molecular flexibility index (Phi) is 6.10. The molecule has 0 radical (unpaired) electrons. The van der Waals surface area contributed by atoms with Gasteiger partial charge in [0.05, 0.1) is 15.9 Å². The molecule has 0 saturated carbocycles. The molecule has 10 heteroatoms. The zero-order valence-electron chi connectivity index (χ0n) is 20.0. The second-order valence-corrected chi connectivity index (χ2v) is 11.1. The number of hydrogen-bond acceptors (Lipinski definition) is 5. The van der Waals surface area contributed by atoms with Gasteiger partial charge in [-0.3, -0.25) is 14.5 Å². The molecule has 0 atom stereocenters. The van der Waals surface area contributed by atoms with Gasteiger partial charge in [0, 0.05) is 52.1 Å². The van der Waals surface area contributed by atoms with Crippen LogP contribution in [0.4, 0.5) is 5.95 Å². The van der Waals surface area contributed by atoms with E-state index in [4.69, 9.17) is 0 Å². The highest BCUT2D eigenvalue weighted by molar-refractivity contribution is 7.89. The summed E-state index contributed by atoms with van der Waals surface area (Å²) in [5.74, 6) is 0.382. The van der Waals surface area contributed by atoms with Gasteiger partial charge in [-0.05, 0) is 43.2 Å². The average molecular weight is 496 g/mol. The van der Waals surface area contributed by atoms with E-state index in [2.05, 4.69) is 4.98 Å². The monoisotopic (exact) mass is 495 g/mol. The zero-order chi connectivity index (χ0) is 24.7. The molecule has 2 aliphatic heterocycles. The van der Waals surface area contributed by atoms with E-state index in [1.165, 1.54) is 4.31 Å². The molecule has 0 bridgehead atoms. The van der Waals surface area contributed by atoms with Crippen LogP contribution in [0.5, 0.6) is 0 Å². The largest absolute Gasteiger partial charge is 0.340 e. The number of para-hydroxylation sites is 2. The number of amides is 2. The Bertz CT molecular complexity index is 1410. The first kappa shape index (κ1) is 23.5. The Morgan fingerprint density at radius 2 is 1.60 bits per heavy atom. The van der Waals surface area contributed by atoms with Crippen LogP contribution in [0, 0.1) is 13.8 Å². The molecule has 184 valence electrons. The summed E-state index contributed by atoms with van der Waals surface area (Å²) in [5.41, 5.74) is 3.46. The van der Waals surface area contributed by atoms with Crippen LogP contribution in [0.3, 0.4) is 0 Å². The summed E-state index contributed by atoms with van der Waals surface area (Å²) in [6, 6.07) is 13.2. The third-order valence-corrected chi connectivity index (χ3v) is 8.87. The number of aryl methyl sites for hydroxylation is 2. The summed E-state index contributed by atoms with van der Waals surface area (Å²) in [6.45, 7) is 6.01. The number of hydrogen-bond donors (Lipinski definition) is 0. The first-order valence-corrected chi connectivity index (χ1v) is 13.3. The highest BCUT2D eigenvalue weighted by Gasteiger charge is 2.32. The first-order chi connectivity index (χ1) is 16.8. The van der Waals surface area contributed by atoms with Gasteiger partial charge in [-0.1, -0.05) is 24.3 Å². The average Bonchev–Trinajstić information content (AvgIpc) is 3.43. The van der Waals surface area contributed by atoms with Gasteiger partial charge in [0.1, 0.15) is 0 Å². The van der Waals surface area contributed by atoms with Crippen molar-refractivity contribution in [3.05, 3.63) is 53.6 Å². The van der Waals surface area contributed by atoms with E-state index in [-0.39, 0.29) is 37.7 Å². The van der Waals surface area contributed by atoms with E-state index in [1.54, 1.807) is 22.8 Å². The summed E-state index contributed by atoms with van der Waals surface area (Å²) in [5, 5.41) is 0. The Labute approximate surface area is 205 Å². The number of sulfonamides is 1. The number of nitrogens with zero attached hydrogens (tertiary/aromatic N) is 5. The van der Waals surface area contributed by atoms with Crippen molar-refractivity contribution in [1.82, 2.24) is 18.8 Å². The smallest absolute Gasteiger partial charge is 0.243 e. The molecule has 0 spiro atoms. The van der Waals surface area contributed by atoms with Gasteiger partial charge in [-0.2, -0.15) is 4.31 Å². The lowest BCUT2D eigenvalue weighted by molar-refractivity contribution is -0.134. The predicted molar refractivity (Wildman–Crippen MR) is 133 cm³/mol. The van der Waals surface area contributed by atoms with Crippen molar-refractivity contribution in [1.29, 1.82) is 0 Å². The number of benzene rings is 2. The molecule has 1 fully saturated rings. The quantitative estimate of drug-likeness (QED) is 0.541. The Hall–Kier alpha value is -3.24. The van der Waals surface area contributed by atoms with Crippen LogP contribution < -0.4 is 4.90 Å². The first-order valence-electron chi connectivity index (χ1n) is 11.9. The maximum atomic E-state index is 13.1. The van der Waals surface area contributed by atoms with Gasteiger partial charge in [0.15, 0.2) is 0 Å². The highest BCUT2D eigenvalue weighted by Crippen LogP contribution is 2.28. The zero-order valence-corrected chi connectivity index (χ0v) is 20.8. The van der Waals surface area contributed by atoms with Gasteiger partial charge >= 0.3 is 0 Å². The van der Waals surface area contributed by atoms with Gasteiger partial charge in [0.25, 0.3) is 0 Å². The summed E-state index contributed by atoms with van der Waals surface area (Å²) in [7, 11) is -3.62. The third kappa shape index (κ3) is 4.32. The fraction of sp³-hybridized carbons (Fsp3) is 0.400. The number of piperazine rings is 1. The van der Waals surface area contributed by atoms with E-state index < -0.39 is 10.0 Å². The van der Waals surface area contributed by atoms with E-state index in [0.29, 0.717) is 42.6 Å². The lowest BCUT2D eigenvalue weighted by atomic mass is 10.2. The van der Waals surface area contributed by atoms with E-state index in [0.717, 1.165) is 16.6 Å². The molecule has 0 N–H and O–H groups in total. The van der Waals surface area contributed by atoms with Crippen molar-refractivity contribution in [2.45, 2.75) is 38.1 Å². The van der Waals surface area contributed by atoms with Crippen molar-refractivity contribution < 1.29 is 18.0 Å². The van der Waals surface area contributed by atoms with E-state index >= 15 is 0 Å². The van der Waals surface area contributed by atoms with E-state index in [9.17, 15) is 18.0 Å². The van der Waals surface area contributed by atoms with Crippen molar-refractivity contribution >= 4 is 38.8 Å². The fourth-order valence-electron chi connectivity index (χ4n) is 4.83. The maximum Gasteiger partial charge on any atom is 0.243 e. The van der Waals surface area contributed by atoms with Crippen LogP contribution in [-0.2, 0) is 26.2 Å². The van der Waals surface area contributed by atoms with Crippen molar-refractivity contribution in [3.63, 3.8) is 0 Å². The van der Waals surface area contributed by atoms with Gasteiger partial charge in [-0.25, -0.2) is 13.4 Å². The predicted octanol–water partition coefficient (Wildman–Crippen LogP) is 2.31. The molecule has 5 rings (SSSR count). The number of carbonyl (C=O) groups is 2. The number of anilines is 1. The minimum Gasteiger partial charge on any atom is -0.340 e. The fourth-order valence-corrected chi connectivity index (χ4v) is 6.57. The molecule has 9 nitrogen and oxygen atoms in total. The second kappa shape index (κ2) is 9.09. The topological polar surface area (TPSA) is 95.8 Å². The van der Waals surface area contributed by atoms with Crippen LogP contribution in [0.15, 0.2) is 47.4 Å². The molecular formula is C25H29N5O4S. The summed E-state index contributed by atoms with van der Waals surface area (Å²) in [6.07, 6.45) is 0.197. The molecule has 0 unspecified atom stereocenters. The number of carbonyl (C=O) groups excluding carboxylic acids is 2. The van der Waals surface area contributed by atoms with E-state index in [1.807, 2.05) is 47.9 Å². The maximum absolute atomic E-state index is 13.1. The molecule has 2 aromatic carbocycles. The molecule has 3 heterocycles.